The third-order valence-electron chi connectivity index (χ3n) is 5.83. The van der Waals surface area contributed by atoms with Gasteiger partial charge in [0.15, 0.2) is 0 Å². The molecule has 0 aliphatic heterocycles. The van der Waals surface area contributed by atoms with Crippen molar-refractivity contribution in [2.24, 2.45) is 35.5 Å². The average Bonchev–Trinajstić information content (AvgIpc) is 2.72. The van der Waals surface area contributed by atoms with Crippen LogP contribution in [0, 0.1) is 35.5 Å². The maximum atomic E-state index is 4.76. The highest BCUT2D eigenvalue weighted by atomic mass is 32.1. The lowest BCUT2D eigenvalue weighted by atomic mass is 9.62. The van der Waals surface area contributed by atoms with E-state index in [9.17, 15) is 0 Å². The maximum absolute atomic E-state index is 4.76. The third kappa shape index (κ3) is 1.41. The van der Waals surface area contributed by atoms with Gasteiger partial charge in [-0.1, -0.05) is 20.3 Å². The van der Waals surface area contributed by atoms with Crippen molar-refractivity contribution in [2.45, 2.75) is 51.2 Å². The number of hydrogen-bond donors (Lipinski definition) is 1. The number of rotatable bonds is 2. The molecule has 0 heterocycles. The molecule has 3 fully saturated rings. The van der Waals surface area contributed by atoms with Gasteiger partial charge in [0, 0.05) is 5.25 Å². The lowest BCUT2D eigenvalue weighted by molar-refractivity contribution is 0.0694. The summed E-state index contributed by atoms with van der Waals surface area (Å²) in [6.45, 7) is 4.91. The van der Waals surface area contributed by atoms with E-state index in [1.807, 2.05) is 0 Å². The zero-order chi connectivity index (χ0) is 10.6. The van der Waals surface area contributed by atoms with Crippen molar-refractivity contribution in [1.29, 1.82) is 0 Å². The second-order valence-corrected chi connectivity index (χ2v) is 6.99. The van der Waals surface area contributed by atoms with E-state index in [-0.39, 0.29) is 0 Å². The molecular formula is C14H24S. The maximum Gasteiger partial charge on any atom is 0.00480 e. The zero-order valence-electron chi connectivity index (χ0n) is 10.0. The molecule has 0 N–H and O–H groups in total. The van der Waals surface area contributed by atoms with Gasteiger partial charge in [0.05, 0.1) is 0 Å². The Morgan fingerprint density at radius 3 is 2.47 bits per heavy atom. The van der Waals surface area contributed by atoms with Crippen molar-refractivity contribution in [2.75, 3.05) is 0 Å². The monoisotopic (exact) mass is 224 g/mol. The van der Waals surface area contributed by atoms with Crippen LogP contribution in [0.4, 0.5) is 0 Å². The van der Waals surface area contributed by atoms with E-state index in [0.717, 1.165) is 40.8 Å². The predicted octanol–water partition coefficient (Wildman–Crippen LogP) is 4.01. The number of hydrogen-bond acceptors (Lipinski definition) is 1. The molecule has 7 unspecified atom stereocenters. The molecule has 7 atom stereocenters. The molecule has 0 nitrogen and oxygen atoms in total. The molecule has 0 radical (unpaired) electrons. The molecule has 15 heavy (non-hydrogen) atoms. The van der Waals surface area contributed by atoms with E-state index in [2.05, 4.69) is 13.8 Å². The van der Waals surface area contributed by atoms with Crippen LogP contribution in [-0.2, 0) is 0 Å². The smallest absolute Gasteiger partial charge is 0.00480 e. The van der Waals surface area contributed by atoms with E-state index in [1.165, 1.54) is 25.7 Å². The van der Waals surface area contributed by atoms with Crippen LogP contribution in [0.3, 0.4) is 0 Å². The molecule has 0 aromatic rings. The summed E-state index contributed by atoms with van der Waals surface area (Å²) in [4.78, 5) is 0. The molecule has 2 bridgehead atoms. The van der Waals surface area contributed by atoms with Crippen molar-refractivity contribution in [3.05, 3.63) is 0 Å². The fraction of sp³-hybridized carbons (Fsp3) is 1.00. The van der Waals surface area contributed by atoms with E-state index in [4.69, 9.17) is 12.6 Å². The Balaban J connectivity index is 1.80. The highest BCUT2D eigenvalue weighted by Crippen LogP contribution is 2.61. The van der Waals surface area contributed by atoms with Gasteiger partial charge in [-0.2, -0.15) is 12.6 Å². The van der Waals surface area contributed by atoms with Crippen molar-refractivity contribution in [1.82, 2.24) is 0 Å². The summed E-state index contributed by atoms with van der Waals surface area (Å²) < 4.78 is 0. The molecule has 1 heteroatoms. The van der Waals surface area contributed by atoms with Gasteiger partial charge in [-0.25, -0.2) is 0 Å². The van der Waals surface area contributed by atoms with Gasteiger partial charge in [0.1, 0.15) is 0 Å². The van der Waals surface area contributed by atoms with E-state index >= 15 is 0 Å². The molecule has 3 rings (SSSR count). The van der Waals surface area contributed by atoms with Gasteiger partial charge in [-0.15, -0.1) is 0 Å². The first kappa shape index (κ1) is 10.5. The standard InChI is InChI=1S/C14H24S/c1-3-10-9-6-8(2)12(7-9)14(10)11-4-5-13(11)15/h8-15H,3-7H2,1-2H3. The van der Waals surface area contributed by atoms with E-state index in [1.54, 1.807) is 6.42 Å². The van der Waals surface area contributed by atoms with Crippen molar-refractivity contribution >= 4 is 12.6 Å². The van der Waals surface area contributed by atoms with E-state index < -0.39 is 0 Å². The summed E-state index contributed by atoms with van der Waals surface area (Å²) in [5.41, 5.74) is 0. The van der Waals surface area contributed by atoms with Gasteiger partial charge >= 0.3 is 0 Å². The Hall–Kier alpha value is 0.350. The van der Waals surface area contributed by atoms with Crippen LogP contribution in [0.1, 0.15) is 46.0 Å². The second-order valence-electron chi connectivity index (χ2n) is 6.33. The minimum absolute atomic E-state index is 0.746. The Morgan fingerprint density at radius 2 is 1.93 bits per heavy atom. The zero-order valence-corrected chi connectivity index (χ0v) is 10.9. The minimum atomic E-state index is 0.746. The average molecular weight is 224 g/mol. The van der Waals surface area contributed by atoms with Gasteiger partial charge < -0.3 is 0 Å². The van der Waals surface area contributed by atoms with Crippen molar-refractivity contribution in [3.63, 3.8) is 0 Å². The highest BCUT2D eigenvalue weighted by Gasteiger charge is 2.54. The lowest BCUT2D eigenvalue weighted by Crippen LogP contribution is -2.41. The molecule has 3 aliphatic rings. The molecule has 86 valence electrons. The highest BCUT2D eigenvalue weighted by molar-refractivity contribution is 7.81. The second kappa shape index (κ2) is 3.68. The molecule has 0 saturated heterocycles. The lowest BCUT2D eigenvalue weighted by Gasteiger charge is -2.46. The molecule has 0 aromatic heterocycles. The number of thiol groups is 1. The first-order valence-corrected chi connectivity index (χ1v) is 7.42. The predicted molar refractivity (Wildman–Crippen MR) is 68.1 cm³/mol. The quantitative estimate of drug-likeness (QED) is 0.673. The van der Waals surface area contributed by atoms with Crippen LogP contribution in [0.15, 0.2) is 0 Å². The largest absolute Gasteiger partial charge is 0.176 e. The number of fused-ring (bicyclic) bond motifs is 2. The summed E-state index contributed by atoms with van der Waals surface area (Å²) in [6.07, 6.45) is 7.37. The van der Waals surface area contributed by atoms with Crippen LogP contribution in [0.5, 0.6) is 0 Å². The summed E-state index contributed by atoms with van der Waals surface area (Å²) in [6, 6.07) is 0. The summed E-state index contributed by atoms with van der Waals surface area (Å²) in [5.74, 6) is 6.27. The molecule has 0 spiro atoms. The summed E-state index contributed by atoms with van der Waals surface area (Å²) in [5, 5.41) is 0.746. The summed E-state index contributed by atoms with van der Waals surface area (Å²) in [7, 11) is 0. The van der Waals surface area contributed by atoms with Gasteiger partial charge in [-0.3, -0.25) is 0 Å². The van der Waals surface area contributed by atoms with Crippen LogP contribution in [0.25, 0.3) is 0 Å². The fourth-order valence-electron chi connectivity index (χ4n) is 5.05. The molecular weight excluding hydrogens is 200 g/mol. The topological polar surface area (TPSA) is 0 Å². The van der Waals surface area contributed by atoms with Gasteiger partial charge in [0.2, 0.25) is 0 Å². The van der Waals surface area contributed by atoms with Crippen molar-refractivity contribution in [3.8, 4) is 0 Å². The van der Waals surface area contributed by atoms with Crippen molar-refractivity contribution < 1.29 is 0 Å². The van der Waals surface area contributed by atoms with Crippen LogP contribution in [-0.4, -0.2) is 5.25 Å². The fourth-order valence-corrected chi connectivity index (χ4v) is 5.54. The first-order valence-electron chi connectivity index (χ1n) is 6.90. The minimum Gasteiger partial charge on any atom is -0.176 e. The Bertz CT molecular complexity index is 248. The Kier molecular flexibility index (Phi) is 2.58. The molecule has 3 saturated carbocycles. The molecule has 3 aliphatic carbocycles. The van der Waals surface area contributed by atoms with Crippen LogP contribution in [0.2, 0.25) is 0 Å². The normalized spacial score (nSPS) is 58.2. The van der Waals surface area contributed by atoms with Crippen LogP contribution < -0.4 is 0 Å². The summed E-state index contributed by atoms with van der Waals surface area (Å²) >= 11 is 4.76. The van der Waals surface area contributed by atoms with Crippen LogP contribution >= 0.6 is 12.6 Å². The molecule has 0 amide bonds. The first-order chi connectivity index (χ1) is 7.22. The Labute approximate surface area is 99.6 Å². The third-order valence-corrected chi connectivity index (χ3v) is 6.47. The Morgan fingerprint density at radius 1 is 1.13 bits per heavy atom. The SMILES string of the molecule is CCC1C2CC(C)C(C2)C1C1CCC1S. The van der Waals surface area contributed by atoms with Gasteiger partial charge in [-0.05, 0) is 61.2 Å². The molecule has 0 aromatic carbocycles. The van der Waals surface area contributed by atoms with E-state index in [0.29, 0.717) is 0 Å². The van der Waals surface area contributed by atoms with Gasteiger partial charge in [0.25, 0.3) is 0 Å².